The first-order valence-electron chi connectivity index (χ1n) is 6.66. The Morgan fingerprint density at radius 3 is 2.25 bits per heavy atom. The summed E-state index contributed by atoms with van der Waals surface area (Å²) in [5, 5.41) is 9.82. The molecule has 0 bridgehead atoms. The van der Waals surface area contributed by atoms with Crippen LogP contribution in [0, 0.1) is 0 Å². The molecule has 3 N–H and O–H groups in total. The molecular formula is C14H24N2O3S. The summed E-state index contributed by atoms with van der Waals surface area (Å²) < 4.78 is 26.2. The third-order valence-electron chi connectivity index (χ3n) is 2.99. The van der Waals surface area contributed by atoms with Gasteiger partial charge in [-0.15, -0.1) is 0 Å². The normalized spacial score (nSPS) is 12.9. The summed E-state index contributed by atoms with van der Waals surface area (Å²) in [7, 11) is -3.47. The van der Waals surface area contributed by atoms with Crippen molar-refractivity contribution in [3.05, 3.63) is 35.4 Å². The van der Waals surface area contributed by atoms with E-state index in [-0.39, 0.29) is 12.3 Å². The molecule has 0 aliphatic rings. The Morgan fingerprint density at radius 1 is 1.25 bits per heavy atom. The second-order valence-corrected chi connectivity index (χ2v) is 7.44. The number of likely N-dealkylation sites (N-methyl/N-ethyl adjacent to an activating group) is 1. The minimum Gasteiger partial charge on any atom is -0.389 e. The van der Waals surface area contributed by atoms with Crippen molar-refractivity contribution in [2.75, 3.05) is 13.1 Å². The third-order valence-corrected chi connectivity index (χ3v) is 4.84. The predicted octanol–water partition coefficient (Wildman–Crippen LogP) is 1.07. The average Bonchev–Trinajstić information content (AvgIpc) is 2.35. The molecular weight excluding hydrogens is 276 g/mol. The van der Waals surface area contributed by atoms with Crippen molar-refractivity contribution in [3.63, 3.8) is 0 Å². The van der Waals surface area contributed by atoms with Crippen molar-refractivity contribution in [1.82, 2.24) is 4.31 Å². The van der Waals surface area contributed by atoms with E-state index in [1.54, 1.807) is 32.9 Å². The van der Waals surface area contributed by atoms with Gasteiger partial charge in [0.1, 0.15) is 0 Å². The highest BCUT2D eigenvalue weighted by molar-refractivity contribution is 7.88. The first-order chi connectivity index (χ1) is 9.19. The summed E-state index contributed by atoms with van der Waals surface area (Å²) >= 11 is 0. The lowest BCUT2D eigenvalue weighted by Crippen LogP contribution is -2.42. The fraction of sp³-hybridized carbons (Fsp3) is 0.571. The average molecular weight is 300 g/mol. The van der Waals surface area contributed by atoms with Crippen molar-refractivity contribution >= 4 is 10.0 Å². The zero-order valence-electron chi connectivity index (χ0n) is 12.3. The fourth-order valence-corrected chi connectivity index (χ4v) is 3.79. The predicted molar refractivity (Wildman–Crippen MR) is 80.5 cm³/mol. The molecule has 20 heavy (non-hydrogen) atoms. The van der Waals surface area contributed by atoms with Gasteiger partial charge < -0.3 is 10.8 Å². The Kier molecular flexibility index (Phi) is 5.70. The van der Waals surface area contributed by atoms with E-state index >= 15 is 0 Å². The molecule has 1 aromatic rings. The Bertz CT molecular complexity index is 536. The van der Waals surface area contributed by atoms with Crippen LogP contribution in [0.3, 0.4) is 0 Å². The molecule has 0 heterocycles. The first kappa shape index (κ1) is 17.1. The monoisotopic (exact) mass is 300 g/mol. The summed E-state index contributed by atoms with van der Waals surface area (Å²) in [6, 6.07) is 7.25. The largest absolute Gasteiger partial charge is 0.389 e. The van der Waals surface area contributed by atoms with Gasteiger partial charge in [0, 0.05) is 19.6 Å². The molecule has 0 saturated heterocycles. The summed E-state index contributed by atoms with van der Waals surface area (Å²) in [4.78, 5) is 0. The van der Waals surface area contributed by atoms with Crippen LogP contribution in [-0.4, -0.2) is 36.5 Å². The van der Waals surface area contributed by atoms with E-state index in [0.29, 0.717) is 18.7 Å². The van der Waals surface area contributed by atoms with E-state index in [4.69, 9.17) is 5.73 Å². The van der Waals surface area contributed by atoms with Crippen LogP contribution in [0.15, 0.2) is 24.3 Å². The van der Waals surface area contributed by atoms with Crippen molar-refractivity contribution in [3.8, 4) is 0 Å². The Labute approximate surface area is 121 Å². The molecule has 114 valence electrons. The van der Waals surface area contributed by atoms with Gasteiger partial charge in [-0.2, -0.15) is 4.31 Å². The van der Waals surface area contributed by atoms with E-state index in [0.717, 1.165) is 5.56 Å². The molecule has 0 unspecified atom stereocenters. The van der Waals surface area contributed by atoms with Gasteiger partial charge in [-0.05, 0) is 25.0 Å². The highest BCUT2D eigenvalue weighted by Gasteiger charge is 2.27. The molecule has 0 aromatic heterocycles. The highest BCUT2D eigenvalue weighted by atomic mass is 32.2. The van der Waals surface area contributed by atoms with Crippen molar-refractivity contribution in [2.24, 2.45) is 5.73 Å². The standard InChI is InChI=1S/C14H24N2O3S/c1-4-16(11-14(2,3)17)20(18,19)10-13-8-6-5-7-12(13)9-15/h5-8,17H,4,9-11,15H2,1-3H3. The number of sulfonamides is 1. The molecule has 0 spiro atoms. The quantitative estimate of drug-likeness (QED) is 0.789. The number of nitrogens with zero attached hydrogens (tertiary/aromatic N) is 1. The minimum atomic E-state index is -3.47. The molecule has 1 rings (SSSR count). The van der Waals surface area contributed by atoms with E-state index in [1.165, 1.54) is 4.31 Å². The summed E-state index contributed by atoms with van der Waals surface area (Å²) in [5.41, 5.74) is 6.11. The molecule has 1 aromatic carbocycles. The summed E-state index contributed by atoms with van der Waals surface area (Å²) in [6.07, 6.45) is 0. The van der Waals surface area contributed by atoms with Crippen LogP contribution in [-0.2, 0) is 22.3 Å². The Hall–Kier alpha value is -0.950. The molecule has 0 atom stereocenters. The Morgan fingerprint density at radius 2 is 1.80 bits per heavy atom. The molecule has 0 saturated carbocycles. The molecule has 0 aliphatic heterocycles. The van der Waals surface area contributed by atoms with Gasteiger partial charge in [0.2, 0.25) is 10.0 Å². The summed E-state index contributed by atoms with van der Waals surface area (Å²) in [5.74, 6) is -0.0930. The third kappa shape index (κ3) is 4.86. The first-order valence-corrected chi connectivity index (χ1v) is 8.27. The second kappa shape index (κ2) is 6.67. The van der Waals surface area contributed by atoms with E-state index in [2.05, 4.69) is 0 Å². The van der Waals surface area contributed by atoms with Crippen molar-refractivity contribution < 1.29 is 13.5 Å². The van der Waals surface area contributed by atoms with Crippen molar-refractivity contribution in [1.29, 1.82) is 0 Å². The van der Waals surface area contributed by atoms with Gasteiger partial charge in [0.05, 0.1) is 11.4 Å². The minimum absolute atomic E-state index is 0.0800. The highest BCUT2D eigenvalue weighted by Crippen LogP contribution is 2.17. The SMILES string of the molecule is CCN(CC(C)(C)O)S(=O)(=O)Cc1ccccc1CN. The number of aliphatic hydroxyl groups is 1. The van der Waals surface area contributed by atoms with Crippen LogP contribution in [0.25, 0.3) is 0 Å². The molecule has 0 amide bonds. The molecule has 5 nitrogen and oxygen atoms in total. The Balaban J connectivity index is 2.98. The van der Waals surface area contributed by atoms with Gasteiger partial charge in [0.15, 0.2) is 0 Å². The van der Waals surface area contributed by atoms with E-state index < -0.39 is 15.6 Å². The summed E-state index contributed by atoms with van der Waals surface area (Å²) in [6.45, 7) is 5.67. The van der Waals surface area contributed by atoms with Gasteiger partial charge in [-0.3, -0.25) is 0 Å². The number of hydrogen-bond donors (Lipinski definition) is 2. The second-order valence-electron chi connectivity index (χ2n) is 5.47. The zero-order valence-corrected chi connectivity index (χ0v) is 13.2. The maximum absolute atomic E-state index is 12.5. The van der Waals surface area contributed by atoms with Crippen LogP contribution in [0.1, 0.15) is 31.9 Å². The van der Waals surface area contributed by atoms with Gasteiger partial charge in [-0.25, -0.2) is 8.42 Å². The van der Waals surface area contributed by atoms with Gasteiger partial charge in [0.25, 0.3) is 0 Å². The number of nitrogens with two attached hydrogens (primary N) is 1. The lowest BCUT2D eigenvalue weighted by Gasteiger charge is -2.27. The number of benzene rings is 1. The van der Waals surface area contributed by atoms with Crippen LogP contribution < -0.4 is 5.73 Å². The molecule has 6 heteroatoms. The number of rotatable bonds is 7. The lowest BCUT2D eigenvalue weighted by atomic mass is 10.1. The topological polar surface area (TPSA) is 83.6 Å². The van der Waals surface area contributed by atoms with E-state index in [9.17, 15) is 13.5 Å². The molecule has 0 fully saturated rings. The lowest BCUT2D eigenvalue weighted by molar-refractivity contribution is 0.0601. The van der Waals surface area contributed by atoms with Crippen LogP contribution >= 0.6 is 0 Å². The maximum atomic E-state index is 12.5. The smallest absolute Gasteiger partial charge is 0.218 e. The fourth-order valence-electron chi connectivity index (χ4n) is 2.02. The number of hydrogen-bond acceptors (Lipinski definition) is 4. The van der Waals surface area contributed by atoms with Gasteiger partial charge in [-0.1, -0.05) is 31.2 Å². The van der Waals surface area contributed by atoms with E-state index in [1.807, 2.05) is 12.1 Å². The van der Waals surface area contributed by atoms with Crippen LogP contribution in [0.4, 0.5) is 0 Å². The van der Waals surface area contributed by atoms with Gasteiger partial charge >= 0.3 is 0 Å². The molecule has 0 radical (unpaired) electrons. The maximum Gasteiger partial charge on any atom is 0.218 e. The van der Waals surface area contributed by atoms with Crippen LogP contribution in [0.5, 0.6) is 0 Å². The molecule has 0 aliphatic carbocycles. The van der Waals surface area contributed by atoms with Crippen LogP contribution in [0.2, 0.25) is 0 Å². The van der Waals surface area contributed by atoms with Crippen molar-refractivity contribution in [2.45, 2.75) is 38.7 Å². The zero-order chi connectivity index (χ0) is 15.4.